The summed E-state index contributed by atoms with van der Waals surface area (Å²) in [4.78, 5) is 0. The number of fused-ring (bicyclic) bond motifs is 1. The molecule has 0 bridgehead atoms. The van der Waals surface area contributed by atoms with E-state index in [2.05, 4.69) is 13.8 Å². The molecule has 1 saturated heterocycles. The van der Waals surface area contributed by atoms with Gasteiger partial charge in [-0.05, 0) is 37.5 Å². The van der Waals surface area contributed by atoms with E-state index in [0.29, 0.717) is 12.2 Å². The van der Waals surface area contributed by atoms with E-state index in [9.17, 15) is 0 Å². The van der Waals surface area contributed by atoms with Gasteiger partial charge in [-0.1, -0.05) is 20.3 Å². The average Bonchev–Trinajstić information content (AvgIpc) is 2.96. The van der Waals surface area contributed by atoms with Crippen molar-refractivity contribution in [3.63, 3.8) is 0 Å². The molecule has 1 saturated carbocycles. The van der Waals surface area contributed by atoms with E-state index in [1.54, 1.807) is 0 Å². The molecular formula is C13H24O2. The maximum atomic E-state index is 5.80. The van der Waals surface area contributed by atoms with Crippen LogP contribution in [0.2, 0.25) is 0 Å². The Morgan fingerprint density at radius 1 is 1.33 bits per heavy atom. The lowest BCUT2D eigenvalue weighted by Crippen LogP contribution is -2.19. The smallest absolute Gasteiger partial charge is 0.0845 e. The van der Waals surface area contributed by atoms with Crippen LogP contribution < -0.4 is 0 Å². The molecular weight excluding hydrogens is 188 g/mol. The lowest BCUT2D eigenvalue weighted by Gasteiger charge is -2.20. The second-order valence-electron chi connectivity index (χ2n) is 5.32. The first-order valence-corrected chi connectivity index (χ1v) is 6.52. The zero-order chi connectivity index (χ0) is 10.7. The van der Waals surface area contributed by atoms with Gasteiger partial charge in [-0.2, -0.15) is 0 Å². The van der Waals surface area contributed by atoms with Crippen LogP contribution in [0.4, 0.5) is 0 Å². The summed E-state index contributed by atoms with van der Waals surface area (Å²) in [6, 6.07) is 0. The summed E-state index contributed by atoms with van der Waals surface area (Å²) in [7, 11) is 0. The fourth-order valence-corrected chi connectivity index (χ4v) is 2.65. The van der Waals surface area contributed by atoms with Crippen molar-refractivity contribution in [3.05, 3.63) is 0 Å². The minimum absolute atomic E-state index is 0.598. The van der Waals surface area contributed by atoms with Crippen LogP contribution in [0.25, 0.3) is 0 Å². The lowest BCUT2D eigenvalue weighted by atomic mass is 9.90. The van der Waals surface area contributed by atoms with Gasteiger partial charge in [0.1, 0.15) is 0 Å². The summed E-state index contributed by atoms with van der Waals surface area (Å²) in [5.74, 6) is 1.49. The molecule has 1 heterocycles. The number of hydrogen-bond acceptors (Lipinski definition) is 2. The van der Waals surface area contributed by atoms with E-state index in [0.717, 1.165) is 25.0 Å². The number of rotatable bonds is 6. The first-order valence-electron chi connectivity index (χ1n) is 6.52. The van der Waals surface area contributed by atoms with E-state index in [1.165, 1.54) is 32.1 Å². The van der Waals surface area contributed by atoms with Gasteiger partial charge >= 0.3 is 0 Å². The van der Waals surface area contributed by atoms with Crippen LogP contribution in [0.5, 0.6) is 0 Å². The fraction of sp³-hybridized carbons (Fsp3) is 1.00. The molecule has 1 aliphatic heterocycles. The van der Waals surface area contributed by atoms with Crippen LogP contribution in [0.1, 0.15) is 46.0 Å². The molecule has 1 aliphatic carbocycles. The van der Waals surface area contributed by atoms with E-state index >= 15 is 0 Å². The quantitative estimate of drug-likeness (QED) is 0.631. The van der Waals surface area contributed by atoms with Crippen molar-refractivity contribution >= 4 is 0 Å². The van der Waals surface area contributed by atoms with Gasteiger partial charge in [0.2, 0.25) is 0 Å². The SMILES string of the molecule is CCCC(C)COCC1CCC2OC2C1. The Hall–Kier alpha value is -0.0800. The zero-order valence-electron chi connectivity index (χ0n) is 10.1. The normalized spacial score (nSPS) is 36.0. The van der Waals surface area contributed by atoms with Crippen molar-refractivity contribution in [1.29, 1.82) is 0 Å². The molecule has 0 N–H and O–H groups in total. The van der Waals surface area contributed by atoms with Gasteiger partial charge in [-0.25, -0.2) is 0 Å². The minimum Gasteiger partial charge on any atom is -0.381 e. The van der Waals surface area contributed by atoms with E-state index < -0.39 is 0 Å². The molecule has 2 nitrogen and oxygen atoms in total. The third kappa shape index (κ3) is 3.46. The van der Waals surface area contributed by atoms with Crippen LogP contribution >= 0.6 is 0 Å². The van der Waals surface area contributed by atoms with Gasteiger partial charge in [0.05, 0.1) is 12.2 Å². The molecule has 4 atom stereocenters. The Bertz CT molecular complexity index is 193. The Morgan fingerprint density at radius 2 is 2.20 bits per heavy atom. The molecule has 0 aromatic carbocycles. The van der Waals surface area contributed by atoms with E-state index in [4.69, 9.17) is 9.47 Å². The first kappa shape index (κ1) is 11.4. The van der Waals surface area contributed by atoms with Gasteiger partial charge in [0.15, 0.2) is 0 Å². The Balaban J connectivity index is 1.53. The maximum absolute atomic E-state index is 5.80. The van der Waals surface area contributed by atoms with Crippen LogP contribution in [0, 0.1) is 11.8 Å². The average molecular weight is 212 g/mol. The molecule has 0 radical (unpaired) electrons. The molecule has 0 aromatic rings. The van der Waals surface area contributed by atoms with Crippen molar-refractivity contribution in [3.8, 4) is 0 Å². The van der Waals surface area contributed by atoms with E-state index in [-0.39, 0.29) is 0 Å². The van der Waals surface area contributed by atoms with Crippen molar-refractivity contribution in [2.24, 2.45) is 11.8 Å². The predicted molar refractivity (Wildman–Crippen MR) is 60.9 cm³/mol. The highest BCUT2D eigenvalue weighted by Crippen LogP contribution is 2.39. The van der Waals surface area contributed by atoms with Crippen molar-refractivity contribution in [2.45, 2.75) is 58.2 Å². The first-order chi connectivity index (χ1) is 7.29. The summed E-state index contributed by atoms with van der Waals surface area (Å²) in [5, 5.41) is 0. The second-order valence-corrected chi connectivity index (χ2v) is 5.32. The van der Waals surface area contributed by atoms with Gasteiger partial charge in [-0.15, -0.1) is 0 Å². The van der Waals surface area contributed by atoms with Crippen LogP contribution in [-0.2, 0) is 9.47 Å². The summed E-state index contributed by atoms with van der Waals surface area (Å²) < 4.78 is 11.3. The van der Waals surface area contributed by atoms with Gasteiger partial charge in [-0.3, -0.25) is 0 Å². The molecule has 88 valence electrons. The van der Waals surface area contributed by atoms with Crippen molar-refractivity contribution in [2.75, 3.05) is 13.2 Å². The topological polar surface area (TPSA) is 21.8 Å². The molecule has 2 rings (SSSR count). The molecule has 2 fully saturated rings. The molecule has 0 aromatic heterocycles. The van der Waals surface area contributed by atoms with Crippen LogP contribution in [0.3, 0.4) is 0 Å². The standard InChI is InChI=1S/C13H24O2/c1-3-4-10(2)8-14-9-11-5-6-12-13(7-11)15-12/h10-13H,3-9H2,1-2H3. The maximum Gasteiger partial charge on any atom is 0.0845 e. The number of epoxide rings is 1. The van der Waals surface area contributed by atoms with Crippen molar-refractivity contribution in [1.82, 2.24) is 0 Å². The van der Waals surface area contributed by atoms with Gasteiger partial charge < -0.3 is 9.47 Å². The van der Waals surface area contributed by atoms with E-state index in [1.807, 2.05) is 0 Å². The second kappa shape index (κ2) is 5.31. The summed E-state index contributed by atoms with van der Waals surface area (Å²) in [5.41, 5.74) is 0. The molecule has 4 unspecified atom stereocenters. The Kier molecular flexibility index (Phi) is 4.04. The van der Waals surface area contributed by atoms with Gasteiger partial charge in [0, 0.05) is 13.2 Å². The molecule has 2 heteroatoms. The fourth-order valence-electron chi connectivity index (χ4n) is 2.65. The highest BCUT2D eigenvalue weighted by molar-refractivity contribution is 4.91. The molecule has 0 spiro atoms. The highest BCUT2D eigenvalue weighted by atomic mass is 16.6. The Morgan fingerprint density at radius 3 is 2.93 bits per heavy atom. The summed E-state index contributed by atoms with van der Waals surface area (Å²) in [6.45, 7) is 6.42. The van der Waals surface area contributed by atoms with Crippen LogP contribution in [-0.4, -0.2) is 25.4 Å². The largest absolute Gasteiger partial charge is 0.381 e. The summed E-state index contributed by atoms with van der Waals surface area (Å²) in [6.07, 6.45) is 7.60. The number of ether oxygens (including phenoxy) is 2. The summed E-state index contributed by atoms with van der Waals surface area (Å²) >= 11 is 0. The Labute approximate surface area is 93.3 Å². The third-order valence-electron chi connectivity index (χ3n) is 3.65. The predicted octanol–water partition coefficient (Wildman–Crippen LogP) is 3.01. The highest BCUT2D eigenvalue weighted by Gasteiger charge is 2.43. The molecule has 0 amide bonds. The van der Waals surface area contributed by atoms with Crippen LogP contribution in [0.15, 0.2) is 0 Å². The third-order valence-corrected chi connectivity index (χ3v) is 3.65. The van der Waals surface area contributed by atoms with Gasteiger partial charge in [0.25, 0.3) is 0 Å². The molecule has 15 heavy (non-hydrogen) atoms. The minimum atomic E-state index is 0.598. The number of hydrogen-bond donors (Lipinski definition) is 0. The lowest BCUT2D eigenvalue weighted by molar-refractivity contribution is 0.0643. The van der Waals surface area contributed by atoms with Crippen molar-refractivity contribution < 1.29 is 9.47 Å². The molecule has 2 aliphatic rings. The monoisotopic (exact) mass is 212 g/mol. The zero-order valence-corrected chi connectivity index (χ0v) is 10.1.